The third-order valence-electron chi connectivity index (χ3n) is 5.66. The molecule has 33 heavy (non-hydrogen) atoms. The van der Waals surface area contributed by atoms with Crippen LogP contribution in [0.5, 0.6) is 11.5 Å². The second-order valence-corrected chi connectivity index (χ2v) is 8.91. The van der Waals surface area contributed by atoms with Crippen molar-refractivity contribution >= 4 is 33.8 Å². The van der Waals surface area contributed by atoms with Crippen molar-refractivity contribution in [2.75, 3.05) is 19.2 Å². The van der Waals surface area contributed by atoms with Gasteiger partial charge in [0.15, 0.2) is 0 Å². The maximum Gasteiger partial charge on any atom is 0.207 e. The maximum absolute atomic E-state index is 6.05. The van der Waals surface area contributed by atoms with Crippen LogP contribution in [0.2, 0.25) is 5.02 Å². The Morgan fingerprint density at radius 1 is 0.848 bits per heavy atom. The average Bonchev–Trinajstić information content (AvgIpc) is 3.52. The quantitative estimate of drug-likeness (QED) is 0.306. The molecule has 0 saturated carbocycles. The molecule has 1 aliphatic heterocycles. The van der Waals surface area contributed by atoms with Crippen molar-refractivity contribution in [3.05, 3.63) is 94.3 Å². The van der Waals surface area contributed by atoms with Crippen molar-refractivity contribution in [1.82, 2.24) is 4.98 Å². The average molecular weight is 476 g/mol. The second-order valence-electron chi connectivity index (χ2n) is 7.64. The predicted octanol–water partition coefficient (Wildman–Crippen LogP) is 6.84. The molecular weight excluding hydrogens is 454 g/mol. The van der Waals surface area contributed by atoms with Gasteiger partial charge >= 0.3 is 0 Å². The lowest BCUT2D eigenvalue weighted by Gasteiger charge is -2.21. The molecule has 5 rings (SSSR count). The Bertz CT molecular complexity index is 1270. The molecule has 0 fully saturated rings. The van der Waals surface area contributed by atoms with Crippen LogP contribution in [0, 0.1) is 0 Å². The van der Waals surface area contributed by atoms with Crippen molar-refractivity contribution in [2.24, 2.45) is 5.10 Å². The summed E-state index contributed by atoms with van der Waals surface area (Å²) < 4.78 is 10.7. The topological polar surface area (TPSA) is 47.0 Å². The number of nitrogens with zero attached hydrogens (tertiary/aromatic N) is 3. The Labute approximate surface area is 201 Å². The molecule has 5 nitrogen and oxygen atoms in total. The summed E-state index contributed by atoms with van der Waals surface area (Å²) in [4.78, 5) is 4.91. The van der Waals surface area contributed by atoms with E-state index in [9.17, 15) is 0 Å². The first-order chi connectivity index (χ1) is 16.1. The molecule has 0 aliphatic carbocycles. The Morgan fingerprint density at radius 2 is 1.45 bits per heavy atom. The number of rotatable bonds is 6. The molecule has 0 N–H and O–H groups in total. The number of hydrogen-bond donors (Lipinski definition) is 0. The summed E-state index contributed by atoms with van der Waals surface area (Å²) in [6, 6.07) is 24.0. The Hall–Kier alpha value is -3.35. The molecule has 0 radical (unpaired) electrons. The first-order valence-corrected chi connectivity index (χ1v) is 11.8. The van der Waals surface area contributed by atoms with Gasteiger partial charge in [0, 0.05) is 22.4 Å². The highest BCUT2D eigenvalue weighted by atomic mass is 35.5. The van der Waals surface area contributed by atoms with Crippen LogP contribution < -0.4 is 14.5 Å². The lowest BCUT2D eigenvalue weighted by molar-refractivity contribution is 0.414. The summed E-state index contributed by atoms with van der Waals surface area (Å²) in [5.41, 5.74) is 5.19. The Balaban J connectivity index is 1.51. The van der Waals surface area contributed by atoms with Gasteiger partial charge in [0.05, 0.1) is 31.7 Å². The van der Waals surface area contributed by atoms with Crippen LogP contribution in [0.1, 0.15) is 23.6 Å². The zero-order chi connectivity index (χ0) is 22.8. The second kappa shape index (κ2) is 9.25. The van der Waals surface area contributed by atoms with Crippen LogP contribution in [0.15, 0.2) is 83.3 Å². The van der Waals surface area contributed by atoms with E-state index in [2.05, 4.69) is 17.5 Å². The van der Waals surface area contributed by atoms with Crippen LogP contribution in [0.25, 0.3) is 11.3 Å². The molecular formula is C26H22ClN3O2S. The molecule has 166 valence electrons. The first-order valence-electron chi connectivity index (χ1n) is 10.5. The summed E-state index contributed by atoms with van der Waals surface area (Å²) >= 11 is 7.63. The van der Waals surface area contributed by atoms with Crippen molar-refractivity contribution in [1.29, 1.82) is 0 Å². The molecule has 0 saturated heterocycles. The van der Waals surface area contributed by atoms with Crippen molar-refractivity contribution in [3.8, 4) is 22.8 Å². The molecule has 3 aromatic carbocycles. The van der Waals surface area contributed by atoms with E-state index in [1.165, 1.54) is 0 Å². The Kier molecular flexibility index (Phi) is 6.03. The zero-order valence-electron chi connectivity index (χ0n) is 18.2. The van der Waals surface area contributed by atoms with Gasteiger partial charge in [0.2, 0.25) is 5.13 Å². The SMILES string of the molecule is COc1ccc(C2=NN(c3nc(-c4ccc(Cl)cc4)cs3)[C@H](c3ccc(OC)cc3)C2)cc1. The number of aromatic nitrogens is 1. The smallest absolute Gasteiger partial charge is 0.207 e. The molecule has 1 atom stereocenters. The van der Waals surface area contributed by atoms with E-state index in [-0.39, 0.29) is 6.04 Å². The van der Waals surface area contributed by atoms with E-state index < -0.39 is 0 Å². The van der Waals surface area contributed by atoms with Gasteiger partial charge in [-0.3, -0.25) is 0 Å². The molecule has 7 heteroatoms. The van der Waals surface area contributed by atoms with Gasteiger partial charge in [-0.25, -0.2) is 9.99 Å². The monoisotopic (exact) mass is 475 g/mol. The van der Waals surface area contributed by atoms with Crippen LogP contribution in [0.4, 0.5) is 5.13 Å². The maximum atomic E-state index is 6.05. The lowest BCUT2D eigenvalue weighted by atomic mass is 9.98. The summed E-state index contributed by atoms with van der Waals surface area (Å²) in [6.45, 7) is 0. The van der Waals surface area contributed by atoms with E-state index in [0.717, 1.165) is 51.1 Å². The largest absolute Gasteiger partial charge is 0.497 e. The number of anilines is 1. The summed E-state index contributed by atoms with van der Waals surface area (Å²) in [5.74, 6) is 1.66. The minimum absolute atomic E-state index is 0.0391. The minimum Gasteiger partial charge on any atom is -0.497 e. The number of ether oxygens (including phenoxy) is 2. The molecule has 0 amide bonds. The fourth-order valence-electron chi connectivity index (χ4n) is 3.85. The van der Waals surface area contributed by atoms with Gasteiger partial charge < -0.3 is 9.47 Å². The van der Waals surface area contributed by atoms with Crippen LogP contribution in [-0.4, -0.2) is 24.9 Å². The highest BCUT2D eigenvalue weighted by Gasteiger charge is 2.31. The molecule has 0 unspecified atom stereocenters. The van der Waals surface area contributed by atoms with E-state index in [0.29, 0.717) is 5.02 Å². The van der Waals surface area contributed by atoms with Crippen molar-refractivity contribution < 1.29 is 9.47 Å². The number of benzene rings is 3. The van der Waals surface area contributed by atoms with Crippen LogP contribution >= 0.6 is 22.9 Å². The van der Waals surface area contributed by atoms with Gasteiger partial charge in [-0.1, -0.05) is 35.9 Å². The number of halogens is 1. The predicted molar refractivity (Wildman–Crippen MR) is 135 cm³/mol. The van der Waals surface area contributed by atoms with E-state index in [1.54, 1.807) is 25.6 Å². The number of methoxy groups -OCH3 is 2. The summed E-state index contributed by atoms with van der Waals surface area (Å²) in [5, 5.41) is 10.7. The summed E-state index contributed by atoms with van der Waals surface area (Å²) in [6.07, 6.45) is 0.772. The number of thiazole rings is 1. The third-order valence-corrected chi connectivity index (χ3v) is 6.74. The molecule has 4 aromatic rings. The number of hydrogen-bond acceptors (Lipinski definition) is 6. The molecule has 1 aromatic heterocycles. The third kappa shape index (κ3) is 4.45. The van der Waals surface area contributed by atoms with E-state index >= 15 is 0 Å². The van der Waals surface area contributed by atoms with E-state index in [4.69, 9.17) is 31.2 Å². The number of hydrazone groups is 1. The minimum atomic E-state index is 0.0391. The first kappa shape index (κ1) is 21.5. The van der Waals surface area contributed by atoms with Crippen LogP contribution in [-0.2, 0) is 0 Å². The van der Waals surface area contributed by atoms with Gasteiger partial charge in [0.1, 0.15) is 11.5 Å². The molecule has 0 bridgehead atoms. The fourth-order valence-corrected chi connectivity index (χ4v) is 4.81. The standard InChI is InChI=1S/C26H22ClN3O2S/c1-31-21-11-5-17(6-12-21)23-15-25(19-7-13-22(32-2)14-8-19)30(29-23)26-28-24(16-33-26)18-3-9-20(27)10-4-18/h3-14,16,25H,15H2,1-2H3/t25-/m0/s1. The lowest BCUT2D eigenvalue weighted by Crippen LogP contribution is -2.18. The zero-order valence-corrected chi connectivity index (χ0v) is 19.8. The highest BCUT2D eigenvalue weighted by molar-refractivity contribution is 7.14. The van der Waals surface area contributed by atoms with E-state index in [1.807, 2.05) is 65.7 Å². The molecule has 2 heterocycles. The highest BCUT2D eigenvalue weighted by Crippen LogP contribution is 2.40. The van der Waals surface area contributed by atoms with Crippen LogP contribution in [0.3, 0.4) is 0 Å². The molecule has 0 spiro atoms. The van der Waals surface area contributed by atoms with Gasteiger partial charge in [-0.15, -0.1) is 11.3 Å². The van der Waals surface area contributed by atoms with Crippen molar-refractivity contribution in [2.45, 2.75) is 12.5 Å². The van der Waals surface area contributed by atoms with Gasteiger partial charge in [-0.05, 0) is 59.7 Å². The van der Waals surface area contributed by atoms with Gasteiger partial charge in [-0.2, -0.15) is 5.10 Å². The normalized spacial score (nSPS) is 15.4. The Morgan fingerprint density at radius 3 is 2.09 bits per heavy atom. The molecule has 1 aliphatic rings. The fraction of sp³-hybridized carbons (Fsp3) is 0.154. The summed E-state index contributed by atoms with van der Waals surface area (Å²) in [7, 11) is 3.35. The van der Waals surface area contributed by atoms with Crippen molar-refractivity contribution in [3.63, 3.8) is 0 Å². The van der Waals surface area contributed by atoms with Gasteiger partial charge in [0.25, 0.3) is 0 Å².